The van der Waals surface area contributed by atoms with Crippen LogP contribution in [0.25, 0.3) is 0 Å². The summed E-state index contributed by atoms with van der Waals surface area (Å²) >= 11 is 0. The number of aliphatic imine (C=N–C) groups is 1. The number of nitrogens with zero attached hydrogens (tertiary/aromatic N) is 3. The van der Waals surface area contributed by atoms with Crippen molar-refractivity contribution >= 4 is 23.3 Å². The zero-order chi connectivity index (χ0) is 22.1. The standard InChI is InChI=1S/C20H20F3N5O2/c1-11-4-3-7-25-17(11)18(30)26-13-5-6-15(21)14(8-13)20(19(22)23)10-28(12(2)29)9-16(24)27-20/h3-8,19H,9-10H2,1-2H3,(H2,24,27)(H,26,30). The fourth-order valence-electron chi connectivity index (χ4n) is 3.32. The second-order valence-electron chi connectivity index (χ2n) is 7.02. The summed E-state index contributed by atoms with van der Waals surface area (Å²) in [6.45, 7) is 2.23. The van der Waals surface area contributed by atoms with Gasteiger partial charge in [0.1, 0.15) is 17.3 Å². The SMILES string of the molecule is CC(=O)N1CC(N)=NC(c2cc(NC(=O)c3ncccc3C)ccc2F)(C(F)F)C1. The first-order valence-electron chi connectivity index (χ1n) is 9.05. The van der Waals surface area contributed by atoms with Crippen molar-refractivity contribution in [2.75, 3.05) is 18.4 Å². The van der Waals surface area contributed by atoms with Gasteiger partial charge in [0.25, 0.3) is 12.3 Å². The smallest absolute Gasteiger partial charge is 0.274 e. The topological polar surface area (TPSA) is 101 Å². The number of carbonyl (C=O) groups is 2. The number of nitrogens with two attached hydrogens (primary N) is 1. The summed E-state index contributed by atoms with van der Waals surface area (Å²) in [4.78, 5) is 33.2. The number of halogens is 3. The van der Waals surface area contributed by atoms with Gasteiger partial charge < -0.3 is 16.0 Å². The van der Waals surface area contributed by atoms with E-state index >= 15 is 0 Å². The number of anilines is 1. The molecule has 158 valence electrons. The maximum atomic E-state index is 14.7. The average Bonchev–Trinajstić information content (AvgIpc) is 2.68. The Bertz CT molecular complexity index is 1030. The molecule has 2 amide bonds. The summed E-state index contributed by atoms with van der Waals surface area (Å²) in [6.07, 6.45) is -1.71. The number of amidine groups is 1. The Balaban J connectivity index is 2.03. The Labute approximate surface area is 170 Å². The third kappa shape index (κ3) is 3.98. The number of aryl methyl sites for hydroxylation is 1. The van der Waals surface area contributed by atoms with Gasteiger partial charge in [-0.15, -0.1) is 0 Å². The molecule has 1 aromatic heterocycles. The molecule has 1 aliphatic heterocycles. The third-order valence-corrected chi connectivity index (χ3v) is 4.85. The summed E-state index contributed by atoms with van der Waals surface area (Å²) in [6, 6.07) is 6.64. The van der Waals surface area contributed by atoms with E-state index in [1.165, 1.54) is 19.2 Å². The lowest BCUT2D eigenvalue weighted by molar-refractivity contribution is -0.130. The van der Waals surface area contributed by atoms with E-state index in [9.17, 15) is 22.8 Å². The highest BCUT2D eigenvalue weighted by molar-refractivity contribution is 6.03. The van der Waals surface area contributed by atoms with Gasteiger partial charge in [-0.25, -0.2) is 13.2 Å². The lowest BCUT2D eigenvalue weighted by Crippen LogP contribution is -2.54. The fraction of sp³-hybridized carbons (Fsp3) is 0.300. The molecule has 7 nitrogen and oxygen atoms in total. The number of benzene rings is 1. The number of nitrogens with one attached hydrogen (secondary N) is 1. The van der Waals surface area contributed by atoms with Gasteiger partial charge in [0.15, 0.2) is 5.54 Å². The Morgan fingerprint density at radius 2 is 2.03 bits per heavy atom. The van der Waals surface area contributed by atoms with Gasteiger partial charge in [-0.3, -0.25) is 19.6 Å². The van der Waals surface area contributed by atoms with E-state index in [1.54, 1.807) is 19.1 Å². The molecule has 10 heteroatoms. The zero-order valence-electron chi connectivity index (χ0n) is 16.3. The van der Waals surface area contributed by atoms with E-state index in [1.807, 2.05) is 0 Å². The molecular formula is C20H20F3N5O2. The molecule has 0 bridgehead atoms. The quantitative estimate of drug-likeness (QED) is 0.795. The summed E-state index contributed by atoms with van der Waals surface area (Å²) in [5.74, 6) is -2.24. The first-order chi connectivity index (χ1) is 14.1. The number of pyridine rings is 1. The molecule has 3 N–H and O–H groups in total. The van der Waals surface area contributed by atoms with Crippen LogP contribution in [0.4, 0.5) is 18.9 Å². The van der Waals surface area contributed by atoms with E-state index < -0.39 is 41.7 Å². The Morgan fingerprint density at radius 3 is 2.67 bits per heavy atom. The van der Waals surface area contributed by atoms with Crippen molar-refractivity contribution in [1.29, 1.82) is 0 Å². The van der Waals surface area contributed by atoms with E-state index in [0.29, 0.717) is 5.56 Å². The molecule has 2 heterocycles. The minimum Gasteiger partial charge on any atom is -0.386 e. The van der Waals surface area contributed by atoms with Gasteiger partial charge in [-0.05, 0) is 36.8 Å². The van der Waals surface area contributed by atoms with Crippen LogP contribution < -0.4 is 11.1 Å². The van der Waals surface area contributed by atoms with Gasteiger partial charge in [0.2, 0.25) is 5.91 Å². The van der Waals surface area contributed by atoms with E-state index in [-0.39, 0.29) is 23.8 Å². The first-order valence-corrected chi connectivity index (χ1v) is 9.05. The predicted molar refractivity (Wildman–Crippen MR) is 105 cm³/mol. The van der Waals surface area contributed by atoms with Crippen LogP contribution in [0.2, 0.25) is 0 Å². The molecule has 1 atom stereocenters. The Kier molecular flexibility index (Phi) is 5.77. The highest BCUT2D eigenvalue weighted by atomic mass is 19.3. The molecule has 30 heavy (non-hydrogen) atoms. The predicted octanol–water partition coefficient (Wildman–Crippen LogP) is 2.46. The second kappa shape index (κ2) is 8.13. The maximum absolute atomic E-state index is 14.7. The van der Waals surface area contributed by atoms with Gasteiger partial charge in [-0.1, -0.05) is 6.07 Å². The number of hydrogen-bond donors (Lipinski definition) is 2. The van der Waals surface area contributed by atoms with Crippen molar-refractivity contribution < 1.29 is 22.8 Å². The minimum atomic E-state index is -3.16. The van der Waals surface area contributed by atoms with Crippen molar-refractivity contribution in [3.63, 3.8) is 0 Å². The molecule has 0 saturated carbocycles. The number of rotatable bonds is 4. The van der Waals surface area contributed by atoms with Gasteiger partial charge in [0, 0.05) is 24.4 Å². The molecule has 0 radical (unpaired) electrons. The largest absolute Gasteiger partial charge is 0.386 e. The minimum absolute atomic E-state index is 0.0789. The number of aromatic nitrogens is 1. The lowest BCUT2D eigenvalue weighted by Gasteiger charge is -2.39. The van der Waals surface area contributed by atoms with Gasteiger partial charge in [-0.2, -0.15) is 0 Å². The van der Waals surface area contributed by atoms with Gasteiger partial charge in [0.05, 0.1) is 13.1 Å². The van der Waals surface area contributed by atoms with Crippen molar-refractivity contribution in [3.8, 4) is 0 Å². The summed E-state index contributed by atoms with van der Waals surface area (Å²) in [7, 11) is 0. The average molecular weight is 419 g/mol. The molecule has 2 aromatic rings. The number of carbonyl (C=O) groups excluding carboxylic acids is 2. The lowest BCUT2D eigenvalue weighted by atomic mass is 9.87. The molecule has 3 rings (SSSR count). The number of amides is 2. The van der Waals surface area contributed by atoms with Crippen LogP contribution in [0.1, 0.15) is 28.5 Å². The third-order valence-electron chi connectivity index (χ3n) is 4.85. The second-order valence-corrected chi connectivity index (χ2v) is 7.02. The fourth-order valence-corrected chi connectivity index (χ4v) is 3.32. The number of alkyl halides is 2. The summed E-state index contributed by atoms with van der Waals surface area (Å²) in [5.41, 5.74) is 3.68. The summed E-state index contributed by atoms with van der Waals surface area (Å²) in [5, 5.41) is 2.53. The highest BCUT2D eigenvalue weighted by Gasteiger charge is 2.48. The Hall–Kier alpha value is -3.43. The summed E-state index contributed by atoms with van der Waals surface area (Å²) < 4.78 is 43.1. The highest BCUT2D eigenvalue weighted by Crippen LogP contribution is 2.38. The van der Waals surface area contributed by atoms with Gasteiger partial charge >= 0.3 is 0 Å². The van der Waals surface area contributed by atoms with Crippen molar-refractivity contribution in [2.45, 2.75) is 25.8 Å². The molecular weight excluding hydrogens is 399 g/mol. The zero-order valence-corrected chi connectivity index (χ0v) is 16.3. The van der Waals surface area contributed by atoms with Crippen LogP contribution in [0.5, 0.6) is 0 Å². The normalized spacial score (nSPS) is 18.9. The molecule has 1 aliphatic rings. The van der Waals surface area contributed by atoms with Crippen LogP contribution in [0.3, 0.4) is 0 Å². The van der Waals surface area contributed by atoms with Crippen LogP contribution in [-0.2, 0) is 10.3 Å². The van der Waals surface area contributed by atoms with Crippen molar-refractivity contribution in [1.82, 2.24) is 9.88 Å². The maximum Gasteiger partial charge on any atom is 0.274 e. The monoisotopic (exact) mass is 419 g/mol. The van der Waals surface area contributed by atoms with Crippen LogP contribution >= 0.6 is 0 Å². The van der Waals surface area contributed by atoms with Crippen molar-refractivity contribution in [3.05, 3.63) is 59.2 Å². The van der Waals surface area contributed by atoms with E-state index in [2.05, 4.69) is 15.3 Å². The molecule has 0 fully saturated rings. The van der Waals surface area contributed by atoms with Crippen LogP contribution in [0, 0.1) is 12.7 Å². The first kappa shape index (κ1) is 21.3. The Morgan fingerprint density at radius 1 is 1.30 bits per heavy atom. The molecule has 0 spiro atoms. The number of hydrogen-bond acceptors (Lipinski definition) is 5. The molecule has 1 aromatic carbocycles. The van der Waals surface area contributed by atoms with Crippen molar-refractivity contribution in [2.24, 2.45) is 10.7 Å². The van der Waals surface area contributed by atoms with Crippen LogP contribution in [0.15, 0.2) is 41.5 Å². The molecule has 0 aliphatic carbocycles. The molecule has 1 unspecified atom stereocenters. The van der Waals surface area contributed by atoms with E-state index in [4.69, 9.17) is 5.73 Å². The van der Waals surface area contributed by atoms with Crippen LogP contribution in [-0.4, -0.2) is 47.0 Å². The van der Waals surface area contributed by atoms with E-state index in [0.717, 1.165) is 17.0 Å². The molecule has 0 saturated heterocycles.